The normalized spacial score (nSPS) is 25.2. The van der Waals surface area contributed by atoms with Crippen molar-refractivity contribution in [2.24, 2.45) is 0 Å². The molecule has 0 aromatic carbocycles. The molecule has 1 N–H and O–H groups in total. The summed E-state index contributed by atoms with van der Waals surface area (Å²) in [6, 6.07) is 0.711. The van der Waals surface area contributed by atoms with E-state index < -0.39 is 0 Å². The molecule has 0 saturated carbocycles. The number of piperidine rings is 1. The van der Waals surface area contributed by atoms with E-state index in [2.05, 4.69) is 31.5 Å². The Labute approximate surface area is 113 Å². The number of aromatic nitrogens is 3. The van der Waals surface area contributed by atoms with Crippen molar-refractivity contribution >= 4 is 18.2 Å². The molecule has 5 nitrogen and oxygen atoms in total. The number of fused-ring (bicyclic) bond motifs is 1. The Morgan fingerprint density at radius 2 is 2.22 bits per heavy atom. The van der Waals surface area contributed by atoms with Crippen LogP contribution in [0.3, 0.4) is 0 Å². The number of rotatable bonds is 2. The van der Waals surface area contributed by atoms with Crippen molar-refractivity contribution in [3.63, 3.8) is 0 Å². The van der Waals surface area contributed by atoms with Crippen LogP contribution >= 0.6 is 12.2 Å². The van der Waals surface area contributed by atoms with E-state index in [4.69, 9.17) is 12.2 Å². The Kier molecular flexibility index (Phi) is 3.39. The quantitative estimate of drug-likeness (QED) is 0.827. The molecule has 0 spiro atoms. The van der Waals surface area contributed by atoms with E-state index in [1.807, 2.05) is 0 Å². The highest BCUT2D eigenvalue weighted by molar-refractivity contribution is 7.71. The summed E-state index contributed by atoms with van der Waals surface area (Å²) in [5.41, 5.74) is 0. The molecule has 1 atom stereocenters. The first-order chi connectivity index (χ1) is 8.79. The molecule has 1 aromatic heterocycles. The molecule has 0 bridgehead atoms. The van der Waals surface area contributed by atoms with Crippen LogP contribution in [0.25, 0.3) is 0 Å². The molecule has 0 amide bonds. The topological polar surface area (TPSA) is 40.1 Å². The van der Waals surface area contributed by atoms with Gasteiger partial charge in [-0.3, -0.25) is 9.47 Å². The minimum atomic E-state index is 0.711. The van der Waals surface area contributed by atoms with E-state index in [0.717, 1.165) is 36.9 Å². The molecule has 1 unspecified atom stereocenters. The van der Waals surface area contributed by atoms with Gasteiger partial charge in [0.05, 0.1) is 0 Å². The Bertz CT molecular complexity index is 465. The summed E-state index contributed by atoms with van der Waals surface area (Å²) >= 11 is 5.26. The molecule has 18 heavy (non-hydrogen) atoms. The molecule has 2 aliphatic rings. The molecular formula is C12H21N5S. The fourth-order valence-electron chi connectivity index (χ4n) is 3.17. The monoisotopic (exact) mass is 267 g/mol. The van der Waals surface area contributed by atoms with Gasteiger partial charge in [0.2, 0.25) is 5.95 Å². The van der Waals surface area contributed by atoms with Gasteiger partial charge in [-0.05, 0) is 38.5 Å². The van der Waals surface area contributed by atoms with Crippen molar-refractivity contribution in [2.75, 3.05) is 31.1 Å². The van der Waals surface area contributed by atoms with Crippen LogP contribution in [0, 0.1) is 4.77 Å². The van der Waals surface area contributed by atoms with Gasteiger partial charge in [-0.1, -0.05) is 6.42 Å². The molecule has 2 aliphatic heterocycles. The molecule has 2 fully saturated rings. The minimum Gasteiger partial charge on any atom is -0.338 e. The lowest BCUT2D eigenvalue weighted by Crippen LogP contribution is -2.55. The van der Waals surface area contributed by atoms with Crippen molar-refractivity contribution < 1.29 is 0 Å². The lowest BCUT2D eigenvalue weighted by Gasteiger charge is -2.44. The lowest BCUT2D eigenvalue weighted by atomic mass is 10.00. The Morgan fingerprint density at radius 3 is 3.06 bits per heavy atom. The van der Waals surface area contributed by atoms with Crippen molar-refractivity contribution in [1.82, 2.24) is 19.7 Å². The van der Waals surface area contributed by atoms with E-state index in [1.54, 1.807) is 0 Å². The molecule has 6 heteroatoms. The van der Waals surface area contributed by atoms with Crippen LogP contribution in [0.5, 0.6) is 0 Å². The predicted molar refractivity (Wildman–Crippen MR) is 74.5 cm³/mol. The van der Waals surface area contributed by atoms with E-state index in [0.29, 0.717) is 6.04 Å². The number of piperazine rings is 1. The number of hydrogen-bond donors (Lipinski definition) is 1. The number of H-pyrrole nitrogens is 1. The predicted octanol–water partition coefficient (Wildman–Crippen LogP) is 1.64. The number of nitrogens with zero attached hydrogens (tertiary/aromatic N) is 4. The minimum absolute atomic E-state index is 0.711. The fraction of sp³-hybridized carbons (Fsp3) is 0.833. The molecule has 2 saturated heterocycles. The van der Waals surface area contributed by atoms with Crippen LogP contribution in [0.4, 0.5) is 5.95 Å². The summed E-state index contributed by atoms with van der Waals surface area (Å²) in [5.74, 6) is 1.02. The molecule has 0 radical (unpaired) electrons. The van der Waals surface area contributed by atoms with Gasteiger partial charge in [-0.15, -0.1) is 5.10 Å². The maximum absolute atomic E-state index is 5.26. The standard InChI is InChI=1S/C12H21N5S/c1-2-17-11(13-14-12(17)18)16-8-7-15-6-4-3-5-10(15)9-16/h10H,2-9H2,1H3,(H,14,18). The molecule has 100 valence electrons. The maximum atomic E-state index is 5.26. The Balaban J connectivity index is 1.79. The van der Waals surface area contributed by atoms with Crippen LogP contribution < -0.4 is 4.90 Å². The molecule has 1 aromatic rings. The highest BCUT2D eigenvalue weighted by atomic mass is 32.1. The maximum Gasteiger partial charge on any atom is 0.225 e. The van der Waals surface area contributed by atoms with Crippen LogP contribution in [-0.2, 0) is 6.54 Å². The van der Waals surface area contributed by atoms with Crippen LogP contribution in [0.2, 0.25) is 0 Å². The van der Waals surface area contributed by atoms with Crippen LogP contribution in [0.1, 0.15) is 26.2 Å². The lowest BCUT2D eigenvalue weighted by molar-refractivity contribution is 0.132. The van der Waals surface area contributed by atoms with Gasteiger partial charge in [0.1, 0.15) is 0 Å². The first-order valence-corrected chi connectivity index (χ1v) is 7.34. The second kappa shape index (κ2) is 5.01. The number of nitrogens with one attached hydrogen (secondary N) is 1. The van der Waals surface area contributed by atoms with Gasteiger partial charge in [0.25, 0.3) is 0 Å². The zero-order chi connectivity index (χ0) is 12.5. The highest BCUT2D eigenvalue weighted by Gasteiger charge is 2.30. The average Bonchev–Trinajstić information content (AvgIpc) is 2.79. The summed E-state index contributed by atoms with van der Waals surface area (Å²) < 4.78 is 2.83. The fourth-order valence-corrected chi connectivity index (χ4v) is 3.43. The third kappa shape index (κ3) is 2.07. The number of anilines is 1. The van der Waals surface area contributed by atoms with Gasteiger partial charge in [-0.2, -0.15) is 0 Å². The number of aromatic amines is 1. The molecule has 3 heterocycles. The van der Waals surface area contributed by atoms with Gasteiger partial charge >= 0.3 is 0 Å². The molecule has 0 aliphatic carbocycles. The van der Waals surface area contributed by atoms with Crippen LogP contribution in [-0.4, -0.2) is 51.9 Å². The van der Waals surface area contributed by atoms with Crippen molar-refractivity contribution in [3.8, 4) is 0 Å². The average molecular weight is 267 g/mol. The van der Waals surface area contributed by atoms with E-state index in [1.165, 1.54) is 25.8 Å². The van der Waals surface area contributed by atoms with E-state index >= 15 is 0 Å². The molecule has 3 rings (SSSR count). The summed E-state index contributed by atoms with van der Waals surface area (Å²) in [6.07, 6.45) is 4.06. The highest BCUT2D eigenvalue weighted by Crippen LogP contribution is 2.23. The summed E-state index contributed by atoms with van der Waals surface area (Å²) in [6.45, 7) is 7.60. The zero-order valence-electron chi connectivity index (χ0n) is 10.9. The van der Waals surface area contributed by atoms with Gasteiger partial charge in [-0.25, -0.2) is 5.10 Å². The zero-order valence-corrected chi connectivity index (χ0v) is 11.7. The second-order valence-corrected chi connectivity index (χ2v) is 5.59. The van der Waals surface area contributed by atoms with Gasteiger partial charge in [0.15, 0.2) is 4.77 Å². The number of hydrogen-bond acceptors (Lipinski definition) is 4. The van der Waals surface area contributed by atoms with Crippen LogP contribution in [0.15, 0.2) is 0 Å². The van der Waals surface area contributed by atoms with Crippen molar-refractivity contribution in [3.05, 3.63) is 4.77 Å². The first-order valence-electron chi connectivity index (χ1n) is 6.94. The summed E-state index contributed by atoms with van der Waals surface area (Å²) in [4.78, 5) is 5.03. The van der Waals surface area contributed by atoms with Crippen molar-refractivity contribution in [1.29, 1.82) is 0 Å². The SMILES string of the molecule is CCn1c(N2CCN3CCCCC3C2)n[nH]c1=S. The second-order valence-electron chi connectivity index (χ2n) is 5.20. The third-order valence-corrected chi connectivity index (χ3v) is 4.49. The van der Waals surface area contributed by atoms with Gasteiger partial charge < -0.3 is 4.90 Å². The summed E-state index contributed by atoms with van der Waals surface area (Å²) in [7, 11) is 0. The van der Waals surface area contributed by atoms with Gasteiger partial charge in [0, 0.05) is 32.2 Å². The smallest absolute Gasteiger partial charge is 0.225 e. The van der Waals surface area contributed by atoms with E-state index in [9.17, 15) is 0 Å². The van der Waals surface area contributed by atoms with E-state index in [-0.39, 0.29) is 0 Å². The third-order valence-electron chi connectivity index (χ3n) is 4.17. The first kappa shape index (κ1) is 12.2. The summed E-state index contributed by atoms with van der Waals surface area (Å²) in [5, 5.41) is 7.32. The molecular weight excluding hydrogens is 246 g/mol. The largest absolute Gasteiger partial charge is 0.338 e. The van der Waals surface area contributed by atoms with Crippen molar-refractivity contribution in [2.45, 2.75) is 38.8 Å². The Morgan fingerprint density at radius 1 is 1.33 bits per heavy atom. The Hall–Kier alpha value is -0.880.